The molecule has 0 aromatic carbocycles. The lowest BCUT2D eigenvalue weighted by atomic mass is 10.2. The molecule has 0 fully saturated rings. The van der Waals surface area contributed by atoms with Crippen molar-refractivity contribution in [3.63, 3.8) is 0 Å². The van der Waals surface area contributed by atoms with Gasteiger partial charge in [0.1, 0.15) is 0 Å². The molecule has 1 N–H and O–H groups in total. The van der Waals surface area contributed by atoms with Crippen LogP contribution in [0.3, 0.4) is 0 Å². The van der Waals surface area contributed by atoms with Gasteiger partial charge < -0.3 is 14.6 Å². The van der Waals surface area contributed by atoms with Crippen molar-refractivity contribution < 1.29 is 9.53 Å². The number of hydrogen-bond donors (Lipinski definition) is 1. The Labute approximate surface area is 128 Å². The van der Waals surface area contributed by atoms with Gasteiger partial charge in [-0.1, -0.05) is 13.3 Å². The van der Waals surface area contributed by atoms with Crippen LogP contribution < -0.4 is 5.32 Å². The lowest BCUT2D eigenvalue weighted by Crippen LogP contribution is -2.18. The fourth-order valence-electron chi connectivity index (χ4n) is 2.31. The van der Waals surface area contributed by atoms with E-state index in [0.717, 1.165) is 38.8 Å². The van der Waals surface area contributed by atoms with Gasteiger partial charge >= 0.3 is 5.97 Å². The highest BCUT2D eigenvalue weighted by atomic mass is 16.5. The highest BCUT2D eigenvalue weighted by Gasteiger charge is 2.06. The number of carbonyl (C=O) groups is 1. The highest BCUT2D eigenvalue weighted by Crippen LogP contribution is 2.13. The molecule has 0 bridgehead atoms. The normalized spacial score (nSPS) is 12.3. The number of aromatic nitrogens is 1. The standard InChI is InChI=1S/C17H30N2O2/c1-4-11-18-15(3)16-10-13-19(14-16)12-8-6-7-9-17(20)21-5-2/h10,13-15,18H,4-9,11-12H2,1-3H3. The fourth-order valence-corrected chi connectivity index (χ4v) is 2.31. The van der Waals surface area contributed by atoms with Crippen LogP contribution in [0.1, 0.15) is 64.5 Å². The van der Waals surface area contributed by atoms with Gasteiger partial charge in [0.25, 0.3) is 0 Å². The van der Waals surface area contributed by atoms with Gasteiger partial charge in [0, 0.05) is 31.4 Å². The fraction of sp³-hybridized carbons (Fsp3) is 0.706. The van der Waals surface area contributed by atoms with Gasteiger partial charge in [-0.05, 0) is 51.3 Å². The molecule has 0 aliphatic carbocycles. The number of unbranched alkanes of at least 4 members (excludes halogenated alkanes) is 2. The van der Waals surface area contributed by atoms with Crippen molar-refractivity contribution in [2.24, 2.45) is 0 Å². The Hall–Kier alpha value is -1.29. The summed E-state index contributed by atoms with van der Waals surface area (Å²) in [6.07, 6.45) is 9.15. The smallest absolute Gasteiger partial charge is 0.305 e. The van der Waals surface area contributed by atoms with Crippen LogP contribution in [0.15, 0.2) is 18.5 Å². The zero-order chi connectivity index (χ0) is 15.5. The van der Waals surface area contributed by atoms with Crippen molar-refractivity contribution in [1.29, 1.82) is 0 Å². The maximum Gasteiger partial charge on any atom is 0.305 e. The summed E-state index contributed by atoms with van der Waals surface area (Å²) in [5, 5.41) is 3.50. The summed E-state index contributed by atoms with van der Waals surface area (Å²) in [6, 6.07) is 2.60. The number of esters is 1. The molecular weight excluding hydrogens is 264 g/mol. The van der Waals surface area contributed by atoms with Gasteiger partial charge in [-0.3, -0.25) is 4.79 Å². The third-order valence-corrected chi connectivity index (χ3v) is 3.58. The second-order valence-electron chi connectivity index (χ2n) is 5.47. The Balaban J connectivity index is 2.18. The molecule has 21 heavy (non-hydrogen) atoms. The Morgan fingerprint density at radius 1 is 1.33 bits per heavy atom. The summed E-state index contributed by atoms with van der Waals surface area (Å²) in [5.74, 6) is -0.0726. The molecule has 0 saturated heterocycles. The molecular formula is C17H30N2O2. The Kier molecular flexibility index (Phi) is 8.83. The maximum atomic E-state index is 11.2. The molecule has 0 radical (unpaired) electrons. The molecule has 0 aliphatic heterocycles. The second-order valence-corrected chi connectivity index (χ2v) is 5.47. The zero-order valence-corrected chi connectivity index (χ0v) is 13.7. The van der Waals surface area contributed by atoms with E-state index in [1.807, 2.05) is 6.92 Å². The summed E-state index contributed by atoms with van der Waals surface area (Å²) < 4.78 is 7.16. The van der Waals surface area contributed by atoms with Gasteiger partial charge in [-0.25, -0.2) is 0 Å². The van der Waals surface area contributed by atoms with Gasteiger partial charge in [0.2, 0.25) is 0 Å². The minimum Gasteiger partial charge on any atom is -0.466 e. The van der Waals surface area contributed by atoms with Crippen LogP contribution >= 0.6 is 0 Å². The third-order valence-electron chi connectivity index (χ3n) is 3.58. The van der Waals surface area contributed by atoms with E-state index in [1.165, 1.54) is 5.56 Å². The molecule has 1 rings (SSSR count). The van der Waals surface area contributed by atoms with Crippen molar-refractivity contribution in [3.8, 4) is 0 Å². The van der Waals surface area contributed by atoms with E-state index in [4.69, 9.17) is 4.74 Å². The van der Waals surface area contributed by atoms with E-state index < -0.39 is 0 Å². The average Bonchev–Trinajstić information content (AvgIpc) is 2.93. The monoisotopic (exact) mass is 294 g/mol. The Morgan fingerprint density at radius 2 is 2.14 bits per heavy atom. The molecule has 120 valence electrons. The average molecular weight is 294 g/mol. The minimum atomic E-state index is -0.0726. The van der Waals surface area contributed by atoms with Crippen LogP contribution in [0.4, 0.5) is 0 Å². The maximum absolute atomic E-state index is 11.2. The lowest BCUT2D eigenvalue weighted by molar-refractivity contribution is -0.143. The summed E-state index contributed by atoms with van der Waals surface area (Å²) in [5.41, 5.74) is 1.34. The van der Waals surface area contributed by atoms with Crippen molar-refractivity contribution >= 4 is 5.97 Å². The number of nitrogens with one attached hydrogen (secondary N) is 1. The van der Waals surface area contributed by atoms with Crippen LogP contribution in [0, 0.1) is 0 Å². The third kappa shape index (κ3) is 7.32. The lowest BCUT2D eigenvalue weighted by Gasteiger charge is -2.11. The molecule has 1 aromatic rings. The van der Waals surface area contributed by atoms with Crippen LogP contribution in [0.25, 0.3) is 0 Å². The summed E-state index contributed by atoms with van der Waals surface area (Å²) >= 11 is 0. The molecule has 0 amide bonds. The number of ether oxygens (including phenoxy) is 1. The molecule has 1 unspecified atom stereocenters. The van der Waals surface area contributed by atoms with E-state index >= 15 is 0 Å². The van der Waals surface area contributed by atoms with Crippen LogP contribution in [-0.2, 0) is 16.1 Å². The molecule has 4 nitrogen and oxygen atoms in total. The summed E-state index contributed by atoms with van der Waals surface area (Å²) in [6.45, 7) is 8.78. The largest absolute Gasteiger partial charge is 0.466 e. The van der Waals surface area contributed by atoms with E-state index in [0.29, 0.717) is 19.1 Å². The van der Waals surface area contributed by atoms with E-state index in [1.54, 1.807) is 0 Å². The number of aryl methyl sites for hydroxylation is 1. The number of carbonyl (C=O) groups excluding carboxylic acids is 1. The van der Waals surface area contributed by atoms with E-state index in [-0.39, 0.29) is 5.97 Å². The first kappa shape index (κ1) is 17.8. The Morgan fingerprint density at radius 3 is 2.86 bits per heavy atom. The van der Waals surface area contributed by atoms with Crippen LogP contribution in [0.5, 0.6) is 0 Å². The first-order chi connectivity index (χ1) is 10.2. The summed E-state index contributed by atoms with van der Waals surface area (Å²) in [4.78, 5) is 11.2. The van der Waals surface area contributed by atoms with Crippen molar-refractivity contribution in [2.75, 3.05) is 13.2 Å². The van der Waals surface area contributed by atoms with Gasteiger partial charge in [0.15, 0.2) is 0 Å². The predicted octanol–water partition coefficient (Wildman–Crippen LogP) is 3.67. The Bertz CT molecular complexity index is 401. The number of nitrogens with zero attached hydrogens (tertiary/aromatic N) is 1. The minimum absolute atomic E-state index is 0.0726. The SMILES string of the molecule is CCCNC(C)c1ccn(CCCCCC(=O)OCC)c1. The van der Waals surface area contributed by atoms with E-state index in [9.17, 15) is 4.79 Å². The van der Waals surface area contributed by atoms with E-state index in [2.05, 4.69) is 42.2 Å². The molecule has 4 heteroatoms. The van der Waals surface area contributed by atoms with Gasteiger partial charge in [-0.15, -0.1) is 0 Å². The van der Waals surface area contributed by atoms with Crippen LogP contribution in [0.2, 0.25) is 0 Å². The second kappa shape index (κ2) is 10.4. The molecule has 1 atom stereocenters. The highest BCUT2D eigenvalue weighted by molar-refractivity contribution is 5.69. The van der Waals surface area contributed by atoms with Gasteiger partial charge in [0.05, 0.1) is 6.61 Å². The van der Waals surface area contributed by atoms with Crippen LogP contribution in [-0.4, -0.2) is 23.7 Å². The zero-order valence-electron chi connectivity index (χ0n) is 13.7. The number of hydrogen-bond acceptors (Lipinski definition) is 3. The van der Waals surface area contributed by atoms with Crippen molar-refractivity contribution in [3.05, 3.63) is 24.0 Å². The topological polar surface area (TPSA) is 43.3 Å². The first-order valence-electron chi connectivity index (χ1n) is 8.22. The quantitative estimate of drug-likeness (QED) is 0.500. The summed E-state index contributed by atoms with van der Waals surface area (Å²) in [7, 11) is 0. The van der Waals surface area contributed by atoms with Crippen molar-refractivity contribution in [1.82, 2.24) is 9.88 Å². The number of rotatable bonds is 11. The predicted molar refractivity (Wildman–Crippen MR) is 86.2 cm³/mol. The molecule has 1 heterocycles. The molecule has 0 spiro atoms. The molecule has 1 aromatic heterocycles. The molecule has 0 saturated carbocycles. The van der Waals surface area contributed by atoms with Crippen molar-refractivity contribution in [2.45, 2.75) is 65.5 Å². The molecule has 0 aliphatic rings. The van der Waals surface area contributed by atoms with Gasteiger partial charge in [-0.2, -0.15) is 0 Å². The first-order valence-corrected chi connectivity index (χ1v) is 8.22.